The molecule has 1 heterocycles. The molecule has 0 aliphatic heterocycles. The minimum Gasteiger partial charge on any atom is -0.406 e. The molecule has 3 N–H and O–H groups in total. The molecule has 0 aliphatic rings. The zero-order valence-corrected chi connectivity index (χ0v) is 10.1. The Labute approximate surface area is 112 Å². The molecule has 20 heavy (non-hydrogen) atoms. The summed E-state index contributed by atoms with van der Waals surface area (Å²) < 4.78 is 40.0. The molecule has 0 spiro atoms. The van der Waals surface area contributed by atoms with Crippen LogP contribution in [0.1, 0.15) is 17.2 Å². The first-order valence-corrected chi connectivity index (χ1v) is 5.56. The van der Waals surface area contributed by atoms with Crippen molar-refractivity contribution in [2.45, 2.75) is 12.4 Å². The van der Waals surface area contributed by atoms with Crippen LogP contribution in [-0.4, -0.2) is 16.3 Å². The smallest absolute Gasteiger partial charge is 0.406 e. The maximum absolute atomic E-state index is 12.1. The van der Waals surface area contributed by atoms with Gasteiger partial charge in [-0.3, -0.25) is 5.84 Å². The van der Waals surface area contributed by atoms with Crippen molar-refractivity contribution in [3.8, 4) is 5.75 Å². The number of hydrogen-bond donors (Lipinski definition) is 2. The highest BCUT2D eigenvalue weighted by Gasteiger charge is 2.31. The molecular formula is C12H11F3N4O. The maximum Gasteiger partial charge on any atom is 0.573 e. The van der Waals surface area contributed by atoms with Crippen LogP contribution < -0.4 is 16.0 Å². The van der Waals surface area contributed by atoms with Gasteiger partial charge >= 0.3 is 6.36 Å². The lowest BCUT2D eigenvalue weighted by Crippen LogP contribution is -2.29. The lowest BCUT2D eigenvalue weighted by Gasteiger charge is -2.16. The van der Waals surface area contributed by atoms with E-state index in [0.717, 1.165) is 0 Å². The van der Waals surface area contributed by atoms with Crippen LogP contribution in [-0.2, 0) is 0 Å². The topological polar surface area (TPSA) is 73.1 Å². The molecule has 0 saturated carbocycles. The molecule has 0 saturated heterocycles. The molecule has 2 rings (SSSR count). The second-order valence-electron chi connectivity index (χ2n) is 3.89. The fourth-order valence-electron chi connectivity index (χ4n) is 1.71. The van der Waals surface area contributed by atoms with Crippen LogP contribution >= 0.6 is 0 Å². The van der Waals surface area contributed by atoms with Gasteiger partial charge in [0.25, 0.3) is 0 Å². The number of nitrogens with zero attached hydrogens (tertiary/aromatic N) is 2. The van der Waals surface area contributed by atoms with Gasteiger partial charge in [-0.15, -0.1) is 13.2 Å². The van der Waals surface area contributed by atoms with Gasteiger partial charge in [0.05, 0.1) is 6.04 Å². The van der Waals surface area contributed by atoms with Crippen LogP contribution in [0.25, 0.3) is 0 Å². The van der Waals surface area contributed by atoms with Gasteiger partial charge in [-0.1, -0.05) is 12.1 Å². The van der Waals surface area contributed by atoms with Crippen molar-refractivity contribution in [3.05, 3.63) is 54.1 Å². The number of benzene rings is 1. The van der Waals surface area contributed by atoms with E-state index in [1.54, 1.807) is 12.4 Å². The zero-order valence-electron chi connectivity index (χ0n) is 10.1. The Morgan fingerprint density at radius 1 is 1.05 bits per heavy atom. The van der Waals surface area contributed by atoms with Gasteiger partial charge in [0, 0.05) is 18.0 Å². The predicted molar refractivity (Wildman–Crippen MR) is 64.3 cm³/mol. The van der Waals surface area contributed by atoms with E-state index in [1.165, 1.54) is 30.6 Å². The van der Waals surface area contributed by atoms with Crippen molar-refractivity contribution < 1.29 is 17.9 Å². The first kappa shape index (κ1) is 14.2. The van der Waals surface area contributed by atoms with E-state index in [9.17, 15) is 13.2 Å². The Balaban J connectivity index is 2.20. The Kier molecular flexibility index (Phi) is 4.16. The molecule has 1 unspecified atom stereocenters. The molecule has 1 aromatic heterocycles. The molecule has 1 atom stereocenters. The Hall–Kier alpha value is -2.19. The Bertz CT molecular complexity index is 545. The molecule has 8 heteroatoms. The van der Waals surface area contributed by atoms with Crippen molar-refractivity contribution in [2.24, 2.45) is 5.84 Å². The van der Waals surface area contributed by atoms with Crippen molar-refractivity contribution in [1.29, 1.82) is 0 Å². The summed E-state index contributed by atoms with van der Waals surface area (Å²) in [5.41, 5.74) is 3.92. The molecule has 1 aromatic carbocycles. The summed E-state index contributed by atoms with van der Waals surface area (Å²) in [6, 6.07) is 4.99. The van der Waals surface area contributed by atoms with E-state index in [4.69, 9.17) is 5.84 Å². The second kappa shape index (κ2) is 5.85. The molecular weight excluding hydrogens is 273 g/mol. The summed E-state index contributed by atoms with van der Waals surface area (Å²) >= 11 is 0. The summed E-state index contributed by atoms with van der Waals surface area (Å²) in [6.07, 6.45) is -0.201. The zero-order chi connectivity index (χ0) is 14.6. The van der Waals surface area contributed by atoms with Crippen LogP contribution in [0.4, 0.5) is 13.2 Å². The fourth-order valence-corrected chi connectivity index (χ4v) is 1.71. The average molecular weight is 284 g/mol. The lowest BCUT2D eigenvalue weighted by atomic mass is 10.0. The number of hydrazine groups is 1. The van der Waals surface area contributed by atoms with Crippen LogP contribution in [0.15, 0.2) is 43.0 Å². The average Bonchev–Trinajstić information content (AvgIpc) is 2.41. The van der Waals surface area contributed by atoms with Gasteiger partial charge < -0.3 is 4.74 Å². The van der Waals surface area contributed by atoms with Gasteiger partial charge in [0.2, 0.25) is 0 Å². The van der Waals surface area contributed by atoms with Crippen LogP contribution in [0.3, 0.4) is 0 Å². The van der Waals surface area contributed by atoms with Gasteiger partial charge in [-0.05, 0) is 17.7 Å². The monoisotopic (exact) mass is 284 g/mol. The maximum atomic E-state index is 12.1. The molecule has 5 nitrogen and oxygen atoms in total. The number of ether oxygens (including phenoxy) is 1. The summed E-state index contributed by atoms with van der Waals surface area (Å²) in [7, 11) is 0. The van der Waals surface area contributed by atoms with Gasteiger partial charge in [-0.2, -0.15) is 0 Å². The third kappa shape index (κ3) is 3.65. The highest BCUT2D eigenvalue weighted by molar-refractivity contribution is 5.33. The van der Waals surface area contributed by atoms with Crippen molar-refractivity contribution in [3.63, 3.8) is 0 Å². The number of nitrogens with one attached hydrogen (secondary N) is 1. The largest absolute Gasteiger partial charge is 0.573 e. The van der Waals surface area contributed by atoms with Crippen molar-refractivity contribution >= 4 is 0 Å². The third-order valence-corrected chi connectivity index (χ3v) is 2.53. The van der Waals surface area contributed by atoms with Crippen LogP contribution in [0.5, 0.6) is 5.75 Å². The summed E-state index contributed by atoms with van der Waals surface area (Å²) in [6.45, 7) is 0. The van der Waals surface area contributed by atoms with Crippen LogP contribution in [0.2, 0.25) is 0 Å². The molecule has 0 amide bonds. The van der Waals surface area contributed by atoms with E-state index in [1.807, 2.05) is 0 Å². The van der Waals surface area contributed by atoms with E-state index in [2.05, 4.69) is 20.1 Å². The number of hydrogen-bond acceptors (Lipinski definition) is 5. The van der Waals surface area contributed by atoms with Gasteiger partial charge in [0.15, 0.2) is 0 Å². The number of alkyl halides is 3. The highest BCUT2D eigenvalue weighted by atomic mass is 19.4. The van der Waals surface area contributed by atoms with E-state index < -0.39 is 12.4 Å². The standard InChI is InChI=1S/C12H11F3N4O/c13-12(14,15)20-10-3-1-8(2-4-10)11(19-16)9-5-17-7-18-6-9/h1-7,11,19H,16H2. The minimum absolute atomic E-state index is 0.290. The van der Waals surface area contributed by atoms with E-state index in [0.29, 0.717) is 11.1 Å². The normalized spacial score (nSPS) is 13.0. The molecule has 0 radical (unpaired) electrons. The first-order valence-electron chi connectivity index (χ1n) is 5.56. The molecule has 0 fully saturated rings. The number of aromatic nitrogens is 2. The third-order valence-electron chi connectivity index (χ3n) is 2.53. The minimum atomic E-state index is -4.71. The lowest BCUT2D eigenvalue weighted by molar-refractivity contribution is -0.274. The fraction of sp³-hybridized carbons (Fsp3) is 0.167. The number of nitrogens with two attached hydrogens (primary N) is 1. The number of rotatable bonds is 4. The summed E-state index contributed by atoms with van der Waals surface area (Å²) in [4.78, 5) is 7.73. The van der Waals surface area contributed by atoms with Gasteiger partial charge in [-0.25, -0.2) is 15.4 Å². The predicted octanol–water partition coefficient (Wildman–Crippen LogP) is 1.93. The highest BCUT2D eigenvalue weighted by Crippen LogP contribution is 2.26. The Morgan fingerprint density at radius 3 is 2.15 bits per heavy atom. The van der Waals surface area contributed by atoms with E-state index >= 15 is 0 Å². The quantitative estimate of drug-likeness (QED) is 0.663. The summed E-state index contributed by atoms with van der Waals surface area (Å²) in [5.74, 6) is 5.17. The second-order valence-corrected chi connectivity index (χ2v) is 3.89. The Morgan fingerprint density at radius 2 is 1.65 bits per heavy atom. The molecule has 2 aromatic rings. The van der Waals surface area contributed by atoms with Crippen molar-refractivity contribution in [2.75, 3.05) is 0 Å². The first-order chi connectivity index (χ1) is 9.49. The number of halogens is 3. The SMILES string of the molecule is NNC(c1ccc(OC(F)(F)F)cc1)c1cncnc1. The summed E-state index contributed by atoms with van der Waals surface area (Å²) in [5, 5.41) is 0. The molecule has 0 aliphatic carbocycles. The molecule has 106 valence electrons. The van der Waals surface area contributed by atoms with Crippen molar-refractivity contribution in [1.82, 2.24) is 15.4 Å². The van der Waals surface area contributed by atoms with Crippen LogP contribution in [0, 0.1) is 0 Å². The van der Waals surface area contributed by atoms with Gasteiger partial charge in [0.1, 0.15) is 12.1 Å². The molecule has 0 bridgehead atoms. The van der Waals surface area contributed by atoms with E-state index in [-0.39, 0.29) is 5.75 Å².